The molecule has 1 aromatic heterocycles. The van der Waals surface area contributed by atoms with Gasteiger partial charge in [0.15, 0.2) is 17.4 Å². The number of pyridine rings is 1. The summed E-state index contributed by atoms with van der Waals surface area (Å²) in [7, 11) is 2.03. The van der Waals surface area contributed by atoms with Gasteiger partial charge in [-0.2, -0.15) is 0 Å². The summed E-state index contributed by atoms with van der Waals surface area (Å²) >= 11 is 0. The van der Waals surface area contributed by atoms with E-state index < -0.39 is 29.1 Å². The van der Waals surface area contributed by atoms with E-state index in [2.05, 4.69) is 4.90 Å². The van der Waals surface area contributed by atoms with Crippen molar-refractivity contribution in [2.75, 3.05) is 57.9 Å². The number of halogens is 1. The Bertz CT molecular complexity index is 1190. The van der Waals surface area contributed by atoms with Gasteiger partial charge in [-0.15, -0.1) is 0 Å². The lowest BCUT2D eigenvalue weighted by Gasteiger charge is -2.37. The van der Waals surface area contributed by atoms with Gasteiger partial charge in [0, 0.05) is 32.4 Å². The molecule has 3 aliphatic heterocycles. The van der Waals surface area contributed by atoms with Crippen LogP contribution in [-0.2, 0) is 14.2 Å². The van der Waals surface area contributed by atoms with E-state index in [0.717, 1.165) is 13.1 Å². The van der Waals surface area contributed by atoms with Crippen LogP contribution < -0.4 is 15.1 Å². The predicted molar refractivity (Wildman–Crippen MR) is 123 cm³/mol. The molecule has 2 atom stereocenters. The minimum Gasteiger partial charge on any atom is -0.487 e. The summed E-state index contributed by atoms with van der Waals surface area (Å²) in [4.78, 5) is 30.3. The number of piperazine rings is 1. The lowest BCUT2D eigenvalue weighted by Crippen LogP contribution is -2.45. The maximum Gasteiger partial charge on any atom is 0.343 e. The van der Waals surface area contributed by atoms with Crippen molar-refractivity contribution in [1.29, 1.82) is 0 Å². The number of rotatable bonds is 4. The second-order valence-electron chi connectivity index (χ2n) is 9.71. The van der Waals surface area contributed by atoms with Gasteiger partial charge in [0.25, 0.3) is 0 Å². The minimum atomic E-state index is -0.771. The molecule has 10 heteroatoms. The molecule has 0 saturated carbocycles. The average molecular weight is 476 g/mol. The average Bonchev–Trinajstić information content (AvgIpc) is 3.15. The van der Waals surface area contributed by atoms with E-state index in [-0.39, 0.29) is 23.6 Å². The van der Waals surface area contributed by atoms with Gasteiger partial charge >= 0.3 is 5.97 Å². The fourth-order valence-electron chi connectivity index (χ4n) is 4.77. The molecule has 2 aromatic rings. The van der Waals surface area contributed by atoms with E-state index in [1.807, 2.05) is 23.4 Å². The summed E-state index contributed by atoms with van der Waals surface area (Å²) in [6.07, 6.45) is 1.09. The number of esters is 1. The Kier molecular flexibility index (Phi) is 5.78. The smallest absolute Gasteiger partial charge is 0.343 e. The quantitative estimate of drug-likeness (QED) is 0.623. The van der Waals surface area contributed by atoms with Gasteiger partial charge in [0.1, 0.15) is 30.6 Å². The number of anilines is 1. The van der Waals surface area contributed by atoms with Gasteiger partial charge in [-0.1, -0.05) is 0 Å². The molecule has 3 aliphatic rings. The van der Waals surface area contributed by atoms with Crippen LogP contribution in [0, 0.1) is 5.82 Å². The van der Waals surface area contributed by atoms with Crippen LogP contribution in [-0.4, -0.2) is 80.4 Å². The molecule has 0 amide bonds. The second kappa shape index (κ2) is 8.51. The van der Waals surface area contributed by atoms with Gasteiger partial charge in [0.2, 0.25) is 5.43 Å². The highest BCUT2D eigenvalue weighted by Crippen LogP contribution is 2.42. The number of carbonyl (C=O) groups is 1. The van der Waals surface area contributed by atoms with Crippen molar-refractivity contribution in [1.82, 2.24) is 9.47 Å². The Morgan fingerprint density at radius 3 is 2.65 bits per heavy atom. The van der Waals surface area contributed by atoms with Gasteiger partial charge in [-0.3, -0.25) is 4.79 Å². The summed E-state index contributed by atoms with van der Waals surface area (Å²) in [5.74, 6) is -1.69. The molecule has 2 fully saturated rings. The summed E-state index contributed by atoms with van der Waals surface area (Å²) in [5.41, 5.74) is 0.155. The van der Waals surface area contributed by atoms with Gasteiger partial charge in [-0.05, 0) is 33.9 Å². The SMILES string of the molecule is CC1COc2c(N3CCN(C)CC3)c(F)cc3c(=O)c(C(=O)OC[C@@H]4COC(C)(C)O4)cn1c23. The number of ether oxygens (including phenoxy) is 4. The standard InChI is InChI=1S/C24H30FN3O6/c1-14-11-31-22-19-16(9-18(25)20(22)27-7-5-26(4)6-8-27)21(29)17(10-28(14)19)23(30)32-12-15-13-33-24(2,3)34-15/h9-10,14-15H,5-8,11-13H2,1-4H3/t14?,15-/m1/s1. The zero-order chi connectivity index (χ0) is 24.2. The fraction of sp³-hybridized carbons (Fsp3) is 0.583. The zero-order valence-electron chi connectivity index (χ0n) is 19.9. The third-order valence-electron chi connectivity index (χ3n) is 6.65. The van der Waals surface area contributed by atoms with Crippen molar-refractivity contribution in [3.63, 3.8) is 0 Å². The van der Waals surface area contributed by atoms with E-state index in [4.69, 9.17) is 18.9 Å². The number of carbonyl (C=O) groups excluding carboxylic acids is 1. The largest absolute Gasteiger partial charge is 0.487 e. The highest BCUT2D eigenvalue weighted by atomic mass is 19.1. The van der Waals surface area contributed by atoms with Crippen molar-refractivity contribution in [3.8, 4) is 5.75 Å². The molecular formula is C24H30FN3O6. The number of hydrogen-bond acceptors (Lipinski definition) is 8. The van der Waals surface area contributed by atoms with E-state index in [1.54, 1.807) is 13.8 Å². The molecular weight excluding hydrogens is 445 g/mol. The van der Waals surface area contributed by atoms with Crippen LogP contribution >= 0.6 is 0 Å². The van der Waals surface area contributed by atoms with Crippen LogP contribution in [0.25, 0.3) is 10.9 Å². The second-order valence-corrected chi connectivity index (χ2v) is 9.71. The van der Waals surface area contributed by atoms with Crippen LogP contribution in [0.3, 0.4) is 0 Å². The van der Waals surface area contributed by atoms with Crippen LogP contribution in [0.4, 0.5) is 10.1 Å². The highest BCUT2D eigenvalue weighted by molar-refractivity contribution is 5.98. The Morgan fingerprint density at radius 1 is 1.24 bits per heavy atom. The zero-order valence-corrected chi connectivity index (χ0v) is 19.9. The number of nitrogens with zero attached hydrogens (tertiary/aromatic N) is 3. The fourth-order valence-corrected chi connectivity index (χ4v) is 4.77. The van der Waals surface area contributed by atoms with E-state index in [1.165, 1.54) is 12.3 Å². The van der Waals surface area contributed by atoms with Crippen molar-refractivity contribution in [3.05, 3.63) is 33.9 Å². The number of hydrogen-bond donors (Lipinski definition) is 0. The molecule has 1 unspecified atom stereocenters. The minimum absolute atomic E-state index is 0.0413. The van der Waals surface area contributed by atoms with Crippen molar-refractivity contribution in [2.45, 2.75) is 38.7 Å². The van der Waals surface area contributed by atoms with E-state index in [0.29, 0.717) is 43.3 Å². The molecule has 0 aliphatic carbocycles. The normalized spacial score (nSPS) is 24.3. The molecule has 2 saturated heterocycles. The third-order valence-corrected chi connectivity index (χ3v) is 6.65. The number of likely N-dealkylation sites (N-methyl/N-ethyl adjacent to an activating group) is 1. The first-order chi connectivity index (χ1) is 16.1. The highest BCUT2D eigenvalue weighted by Gasteiger charge is 2.34. The lowest BCUT2D eigenvalue weighted by atomic mass is 10.1. The predicted octanol–water partition coefficient (Wildman–Crippen LogP) is 2.15. The van der Waals surface area contributed by atoms with Gasteiger partial charge in [-0.25, -0.2) is 9.18 Å². The van der Waals surface area contributed by atoms with Crippen molar-refractivity contribution in [2.24, 2.45) is 0 Å². The molecule has 0 radical (unpaired) electrons. The van der Waals surface area contributed by atoms with Gasteiger partial charge in [0.05, 0.1) is 23.6 Å². The number of aromatic nitrogens is 1. The van der Waals surface area contributed by atoms with E-state index in [9.17, 15) is 9.59 Å². The first kappa shape index (κ1) is 23.1. The molecule has 9 nitrogen and oxygen atoms in total. The lowest BCUT2D eigenvalue weighted by molar-refractivity contribution is -0.142. The molecule has 4 heterocycles. The maximum absolute atomic E-state index is 15.4. The summed E-state index contributed by atoms with van der Waals surface area (Å²) in [5, 5.41) is 0.105. The Hall–Kier alpha value is -2.69. The molecule has 1 aromatic carbocycles. The Balaban J connectivity index is 1.51. The summed E-state index contributed by atoms with van der Waals surface area (Å²) in [6, 6.07) is 1.07. The number of benzene rings is 1. The molecule has 0 spiro atoms. The van der Waals surface area contributed by atoms with Crippen molar-refractivity contribution >= 4 is 22.6 Å². The molecule has 184 valence electrons. The first-order valence-electron chi connectivity index (χ1n) is 11.6. The molecule has 34 heavy (non-hydrogen) atoms. The summed E-state index contributed by atoms with van der Waals surface area (Å²) < 4.78 is 39.7. The maximum atomic E-state index is 15.4. The molecule has 5 rings (SSSR count). The van der Waals surface area contributed by atoms with Crippen LogP contribution in [0.15, 0.2) is 17.1 Å². The van der Waals surface area contributed by atoms with Gasteiger partial charge < -0.3 is 33.3 Å². The monoisotopic (exact) mass is 475 g/mol. The molecule has 0 N–H and O–H groups in total. The first-order valence-corrected chi connectivity index (χ1v) is 11.6. The molecule has 0 bridgehead atoms. The van der Waals surface area contributed by atoms with Crippen LogP contribution in [0.1, 0.15) is 37.2 Å². The van der Waals surface area contributed by atoms with Crippen LogP contribution in [0.2, 0.25) is 0 Å². The van der Waals surface area contributed by atoms with Crippen LogP contribution in [0.5, 0.6) is 5.75 Å². The topological polar surface area (TPSA) is 82.5 Å². The Morgan fingerprint density at radius 2 is 1.97 bits per heavy atom. The van der Waals surface area contributed by atoms with E-state index >= 15 is 4.39 Å². The third kappa shape index (κ3) is 4.03. The summed E-state index contributed by atoms with van der Waals surface area (Å²) in [6.45, 7) is 8.95. The Labute approximate surface area is 196 Å². The van der Waals surface area contributed by atoms with Crippen molar-refractivity contribution < 1.29 is 28.1 Å².